The van der Waals surface area contributed by atoms with Crippen molar-refractivity contribution in [2.75, 3.05) is 24.3 Å². The molecule has 0 unspecified atom stereocenters. The summed E-state index contributed by atoms with van der Waals surface area (Å²) in [6, 6.07) is 17.0. The molecular formula is C21H22N4O2S. The number of carbonyl (C=O) groups excluding carboxylic acids is 2. The maximum absolute atomic E-state index is 12.2. The van der Waals surface area contributed by atoms with Gasteiger partial charge >= 0.3 is 0 Å². The molecule has 28 heavy (non-hydrogen) atoms. The molecular weight excluding hydrogens is 372 g/mol. The van der Waals surface area contributed by atoms with Gasteiger partial charge in [0.15, 0.2) is 5.13 Å². The van der Waals surface area contributed by atoms with E-state index in [-0.39, 0.29) is 18.2 Å². The van der Waals surface area contributed by atoms with Crippen molar-refractivity contribution >= 4 is 34.0 Å². The second-order valence-corrected chi connectivity index (χ2v) is 7.34. The third kappa shape index (κ3) is 5.40. The largest absolute Gasteiger partial charge is 0.378 e. The number of amides is 2. The normalized spacial score (nSPS) is 10.4. The topological polar surface area (TPSA) is 74.3 Å². The minimum atomic E-state index is -0.216. The fraction of sp³-hybridized carbons (Fsp3) is 0.190. The number of nitrogens with zero attached hydrogens (tertiary/aromatic N) is 2. The van der Waals surface area contributed by atoms with Crippen molar-refractivity contribution in [2.24, 2.45) is 0 Å². The van der Waals surface area contributed by atoms with Gasteiger partial charge in [0.25, 0.3) is 5.91 Å². The zero-order valence-electron chi connectivity index (χ0n) is 15.8. The van der Waals surface area contributed by atoms with Gasteiger partial charge < -0.3 is 10.2 Å². The van der Waals surface area contributed by atoms with Gasteiger partial charge in [-0.15, -0.1) is 11.3 Å². The molecule has 1 heterocycles. The molecule has 3 rings (SSSR count). The summed E-state index contributed by atoms with van der Waals surface area (Å²) in [4.78, 5) is 30.7. The van der Waals surface area contributed by atoms with E-state index in [1.165, 1.54) is 11.3 Å². The Bertz CT molecular complexity index is 937. The molecule has 0 spiro atoms. The van der Waals surface area contributed by atoms with Gasteiger partial charge in [-0.2, -0.15) is 0 Å². The minimum absolute atomic E-state index is 0.108. The minimum Gasteiger partial charge on any atom is -0.378 e. The highest BCUT2D eigenvalue weighted by Gasteiger charge is 2.11. The van der Waals surface area contributed by atoms with E-state index < -0.39 is 0 Å². The molecule has 0 saturated carbocycles. The second-order valence-electron chi connectivity index (χ2n) is 6.48. The summed E-state index contributed by atoms with van der Waals surface area (Å²) in [5, 5.41) is 7.92. The van der Waals surface area contributed by atoms with Crippen molar-refractivity contribution in [1.82, 2.24) is 10.3 Å². The highest BCUT2D eigenvalue weighted by atomic mass is 32.1. The Balaban J connectivity index is 1.49. The maximum Gasteiger partial charge on any atom is 0.257 e. The van der Waals surface area contributed by atoms with E-state index in [9.17, 15) is 9.59 Å². The first kappa shape index (κ1) is 19.6. The molecule has 6 nitrogen and oxygen atoms in total. The first-order valence-electron chi connectivity index (χ1n) is 8.85. The van der Waals surface area contributed by atoms with Gasteiger partial charge in [-0.05, 0) is 29.8 Å². The number of rotatable bonds is 7. The molecule has 2 aromatic carbocycles. The van der Waals surface area contributed by atoms with Gasteiger partial charge in [0.1, 0.15) is 0 Å². The lowest BCUT2D eigenvalue weighted by atomic mass is 10.2. The molecule has 0 saturated heterocycles. The molecule has 1 aromatic heterocycles. The van der Waals surface area contributed by atoms with Gasteiger partial charge in [-0.1, -0.05) is 30.3 Å². The van der Waals surface area contributed by atoms with Crippen molar-refractivity contribution in [3.8, 4) is 0 Å². The molecule has 3 aromatic rings. The third-order valence-corrected chi connectivity index (χ3v) is 4.90. The van der Waals surface area contributed by atoms with Crippen LogP contribution in [-0.4, -0.2) is 30.9 Å². The van der Waals surface area contributed by atoms with E-state index in [0.29, 0.717) is 22.9 Å². The molecule has 0 aliphatic carbocycles. The molecule has 0 atom stereocenters. The van der Waals surface area contributed by atoms with Crippen LogP contribution >= 0.6 is 11.3 Å². The molecule has 0 radical (unpaired) electrons. The lowest BCUT2D eigenvalue weighted by molar-refractivity contribution is -0.120. The highest BCUT2D eigenvalue weighted by Crippen LogP contribution is 2.17. The molecule has 0 aliphatic heterocycles. The molecule has 0 aliphatic rings. The molecule has 144 valence electrons. The third-order valence-electron chi connectivity index (χ3n) is 4.09. The maximum atomic E-state index is 12.2. The van der Waals surface area contributed by atoms with Gasteiger partial charge in [-0.3, -0.25) is 14.9 Å². The number of carbonyl (C=O) groups is 2. The average molecular weight is 395 g/mol. The van der Waals surface area contributed by atoms with Gasteiger partial charge in [0.05, 0.1) is 12.1 Å². The number of hydrogen-bond donors (Lipinski definition) is 2. The molecule has 0 bridgehead atoms. The lowest BCUT2D eigenvalue weighted by Gasteiger charge is -2.12. The van der Waals surface area contributed by atoms with Crippen LogP contribution in [0, 0.1) is 0 Å². The van der Waals surface area contributed by atoms with Crippen LogP contribution in [0.5, 0.6) is 0 Å². The standard InChI is InChI=1S/C21H22N4O2S/c1-25(2)18-10-8-15(9-11-18)13-22-19(26)12-17-14-28-21(23-17)24-20(27)16-6-4-3-5-7-16/h3-11,14H,12-13H2,1-2H3,(H,22,26)(H,23,24,27). The summed E-state index contributed by atoms with van der Waals surface area (Å²) in [5.74, 6) is -0.324. The van der Waals surface area contributed by atoms with Crippen molar-refractivity contribution < 1.29 is 9.59 Å². The van der Waals surface area contributed by atoms with Crippen molar-refractivity contribution in [1.29, 1.82) is 0 Å². The van der Waals surface area contributed by atoms with E-state index in [4.69, 9.17) is 0 Å². The first-order chi connectivity index (χ1) is 13.5. The number of thiazole rings is 1. The Morgan fingerprint density at radius 2 is 1.75 bits per heavy atom. The van der Waals surface area contributed by atoms with Crippen molar-refractivity contribution in [3.63, 3.8) is 0 Å². The number of aromatic nitrogens is 1. The number of anilines is 2. The summed E-state index contributed by atoms with van der Waals surface area (Å²) in [5.41, 5.74) is 3.35. The molecule has 2 N–H and O–H groups in total. The SMILES string of the molecule is CN(C)c1ccc(CNC(=O)Cc2csc(NC(=O)c3ccccc3)n2)cc1. The van der Waals surface area contributed by atoms with Crippen LogP contribution in [0.1, 0.15) is 21.6 Å². The van der Waals surface area contributed by atoms with E-state index in [0.717, 1.165) is 11.3 Å². The van der Waals surface area contributed by atoms with E-state index in [1.54, 1.807) is 29.6 Å². The summed E-state index contributed by atoms with van der Waals surface area (Å²) in [7, 11) is 3.97. The Morgan fingerprint density at radius 1 is 1.04 bits per heavy atom. The first-order valence-corrected chi connectivity index (χ1v) is 9.73. The summed E-state index contributed by atoms with van der Waals surface area (Å²) in [6.45, 7) is 0.467. The van der Waals surface area contributed by atoms with E-state index in [2.05, 4.69) is 15.6 Å². The highest BCUT2D eigenvalue weighted by molar-refractivity contribution is 7.14. The van der Waals surface area contributed by atoms with Gasteiger partial charge in [0.2, 0.25) is 5.91 Å². The Labute approximate surface area is 168 Å². The van der Waals surface area contributed by atoms with E-state index >= 15 is 0 Å². The van der Waals surface area contributed by atoms with Crippen LogP contribution in [0.25, 0.3) is 0 Å². The quantitative estimate of drug-likeness (QED) is 0.645. The van der Waals surface area contributed by atoms with Gasteiger partial charge in [0, 0.05) is 37.3 Å². The zero-order valence-corrected chi connectivity index (χ0v) is 16.6. The Hall–Kier alpha value is -3.19. The van der Waals surface area contributed by atoms with Gasteiger partial charge in [-0.25, -0.2) is 4.98 Å². The fourth-order valence-electron chi connectivity index (χ4n) is 2.54. The Kier molecular flexibility index (Phi) is 6.39. The number of nitrogens with one attached hydrogen (secondary N) is 2. The zero-order chi connectivity index (χ0) is 19.9. The summed E-state index contributed by atoms with van der Waals surface area (Å²) in [6.07, 6.45) is 0.174. The molecule has 0 fully saturated rings. The molecule has 7 heteroatoms. The monoisotopic (exact) mass is 394 g/mol. The second kappa shape index (κ2) is 9.14. The van der Waals surface area contributed by atoms with Crippen LogP contribution in [0.4, 0.5) is 10.8 Å². The Morgan fingerprint density at radius 3 is 2.43 bits per heavy atom. The number of benzene rings is 2. The lowest BCUT2D eigenvalue weighted by Crippen LogP contribution is -2.24. The van der Waals surface area contributed by atoms with Crippen LogP contribution in [0.2, 0.25) is 0 Å². The average Bonchev–Trinajstić information content (AvgIpc) is 3.14. The van der Waals surface area contributed by atoms with Crippen LogP contribution in [0.15, 0.2) is 60.0 Å². The number of hydrogen-bond acceptors (Lipinski definition) is 5. The molecule has 2 amide bonds. The smallest absolute Gasteiger partial charge is 0.257 e. The van der Waals surface area contributed by atoms with Crippen LogP contribution in [0.3, 0.4) is 0 Å². The summed E-state index contributed by atoms with van der Waals surface area (Å²) >= 11 is 1.31. The fourth-order valence-corrected chi connectivity index (χ4v) is 3.25. The summed E-state index contributed by atoms with van der Waals surface area (Å²) < 4.78 is 0. The van der Waals surface area contributed by atoms with Crippen LogP contribution in [-0.2, 0) is 17.8 Å². The van der Waals surface area contributed by atoms with Crippen LogP contribution < -0.4 is 15.5 Å². The predicted octanol–water partition coefficient (Wildman–Crippen LogP) is 3.32. The predicted molar refractivity (Wildman–Crippen MR) is 113 cm³/mol. The van der Waals surface area contributed by atoms with E-state index in [1.807, 2.05) is 49.3 Å². The van der Waals surface area contributed by atoms with Crippen molar-refractivity contribution in [2.45, 2.75) is 13.0 Å². The van der Waals surface area contributed by atoms with Crippen molar-refractivity contribution in [3.05, 3.63) is 76.8 Å².